The van der Waals surface area contributed by atoms with Gasteiger partial charge >= 0.3 is 35.8 Å². The van der Waals surface area contributed by atoms with E-state index >= 15 is 0 Å². The van der Waals surface area contributed by atoms with Gasteiger partial charge in [-0.05, 0) is 65.7 Å². The van der Waals surface area contributed by atoms with E-state index in [2.05, 4.69) is 9.47 Å². The smallest absolute Gasteiger partial charge is 0.346 e. The van der Waals surface area contributed by atoms with Crippen LogP contribution in [0.3, 0.4) is 0 Å². The first-order valence-electron chi connectivity index (χ1n) is 13.2. The highest BCUT2D eigenvalue weighted by molar-refractivity contribution is 6.16. The minimum atomic E-state index is -0.803. The highest BCUT2D eigenvalue weighted by Crippen LogP contribution is 2.36. The van der Waals surface area contributed by atoms with Crippen LogP contribution in [0.4, 0.5) is 0 Å². The Bertz CT molecular complexity index is 1820. The Kier molecular flexibility index (Phi) is 6.61. The molecular formula is C33H22O10. The molecule has 10 heteroatoms. The molecule has 2 aliphatic heterocycles. The first-order valence-corrected chi connectivity index (χ1v) is 13.2. The number of esters is 6. The fourth-order valence-corrected chi connectivity index (χ4v) is 5.05. The molecule has 0 aromatic heterocycles. The second kappa shape index (κ2) is 10.3. The van der Waals surface area contributed by atoms with Crippen LogP contribution in [0.5, 0.6) is 5.75 Å². The van der Waals surface area contributed by atoms with Crippen LogP contribution < -0.4 is 4.74 Å². The maximum Gasteiger partial charge on any atom is 0.346 e. The van der Waals surface area contributed by atoms with Gasteiger partial charge in [0.05, 0.1) is 33.4 Å². The van der Waals surface area contributed by atoms with Crippen LogP contribution in [0.2, 0.25) is 0 Å². The number of rotatable bonds is 6. The number of benzene rings is 3. The number of ether oxygens (including phenoxy) is 4. The van der Waals surface area contributed by atoms with Crippen molar-refractivity contribution in [1.29, 1.82) is 0 Å². The summed E-state index contributed by atoms with van der Waals surface area (Å²) in [6.45, 7) is 4.07. The van der Waals surface area contributed by atoms with E-state index in [-0.39, 0.29) is 33.4 Å². The van der Waals surface area contributed by atoms with E-state index in [0.29, 0.717) is 12.2 Å². The van der Waals surface area contributed by atoms with E-state index < -0.39 is 47.3 Å². The lowest BCUT2D eigenvalue weighted by atomic mass is 9.75. The molecule has 0 spiro atoms. The van der Waals surface area contributed by atoms with Crippen LogP contribution in [0.15, 0.2) is 84.5 Å². The molecule has 0 bridgehead atoms. The quantitative estimate of drug-likeness (QED) is 0.171. The zero-order valence-electron chi connectivity index (χ0n) is 22.9. The average molecular weight is 579 g/mol. The standard InChI is InChI=1S/C33H22O10/c1-33(2,19-5-9-21(10-6-19)40-27(34)17-3-13-23-25(15-17)31(38)42-29(23)36)20-7-11-22(12-8-20)41-28(35)18-4-14-24-26(16-18)32(39)43-30(24)37/h3-11,13-16,22H,12H2,1-2H3. The predicted octanol–water partition coefficient (Wildman–Crippen LogP) is 4.92. The van der Waals surface area contributed by atoms with Gasteiger partial charge in [-0.25, -0.2) is 28.8 Å². The van der Waals surface area contributed by atoms with E-state index in [4.69, 9.17) is 9.47 Å². The number of hydrogen-bond donors (Lipinski definition) is 0. The zero-order chi connectivity index (χ0) is 30.5. The normalized spacial score (nSPS) is 17.1. The third kappa shape index (κ3) is 5.03. The van der Waals surface area contributed by atoms with Crippen molar-refractivity contribution in [3.8, 4) is 5.75 Å². The van der Waals surface area contributed by atoms with Gasteiger partial charge in [0.15, 0.2) is 0 Å². The Labute approximate surface area is 244 Å². The molecule has 0 saturated heterocycles. The SMILES string of the molecule is CC(C)(C1=CCC(OC(=O)c2ccc3c(c2)C(=O)OC3=O)C=C1)c1ccc(OC(=O)c2ccc3c(c2)C(=O)OC3=O)cc1. The summed E-state index contributed by atoms with van der Waals surface area (Å²) < 4.78 is 20.2. The highest BCUT2D eigenvalue weighted by Gasteiger charge is 2.32. The number of allylic oxidation sites excluding steroid dienone is 2. The Morgan fingerprint density at radius 2 is 1.26 bits per heavy atom. The Morgan fingerprint density at radius 3 is 1.79 bits per heavy atom. The van der Waals surface area contributed by atoms with E-state index in [9.17, 15) is 28.8 Å². The maximum absolute atomic E-state index is 12.7. The van der Waals surface area contributed by atoms with Gasteiger partial charge in [0, 0.05) is 11.8 Å². The maximum atomic E-state index is 12.7. The molecule has 1 aliphatic carbocycles. The van der Waals surface area contributed by atoms with Crippen LogP contribution >= 0.6 is 0 Å². The van der Waals surface area contributed by atoms with Crippen molar-refractivity contribution in [2.24, 2.45) is 0 Å². The van der Waals surface area contributed by atoms with Gasteiger partial charge in [-0.15, -0.1) is 0 Å². The second-order valence-corrected chi connectivity index (χ2v) is 10.6. The number of fused-ring (bicyclic) bond motifs is 2. The van der Waals surface area contributed by atoms with Crippen molar-refractivity contribution in [2.75, 3.05) is 0 Å². The van der Waals surface area contributed by atoms with Crippen molar-refractivity contribution < 1.29 is 47.7 Å². The minimum Gasteiger partial charge on any atom is -0.454 e. The van der Waals surface area contributed by atoms with Crippen LogP contribution in [-0.4, -0.2) is 41.9 Å². The van der Waals surface area contributed by atoms with Gasteiger partial charge in [0.25, 0.3) is 0 Å². The second-order valence-electron chi connectivity index (χ2n) is 10.6. The fourth-order valence-electron chi connectivity index (χ4n) is 5.05. The lowest BCUT2D eigenvalue weighted by Gasteiger charge is -2.30. The first-order chi connectivity index (χ1) is 20.5. The molecule has 0 fully saturated rings. The van der Waals surface area contributed by atoms with Gasteiger partial charge in [0.2, 0.25) is 0 Å². The van der Waals surface area contributed by atoms with Crippen molar-refractivity contribution in [1.82, 2.24) is 0 Å². The molecule has 214 valence electrons. The summed E-state index contributed by atoms with van der Waals surface area (Å²) in [5.74, 6) is -4.10. The number of carbonyl (C=O) groups is 6. The summed E-state index contributed by atoms with van der Waals surface area (Å²) in [6, 6.07) is 15.1. The molecule has 43 heavy (non-hydrogen) atoms. The summed E-state index contributed by atoms with van der Waals surface area (Å²) in [6.07, 6.45) is 5.57. The number of carbonyl (C=O) groups excluding carboxylic acids is 6. The van der Waals surface area contributed by atoms with Gasteiger partial charge in [-0.3, -0.25) is 0 Å². The lowest BCUT2D eigenvalue weighted by molar-refractivity contribution is 0.0393. The van der Waals surface area contributed by atoms with Gasteiger partial charge < -0.3 is 18.9 Å². The summed E-state index contributed by atoms with van der Waals surface area (Å²) in [5, 5.41) is 0. The van der Waals surface area contributed by atoms with Gasteiger partial charge in [-0.2, -0.15) is 0 Å². The monoisotopic (exact) mass is 578 g/mol. The third-order valence-electron chi connectivity index (χ3n) is 7.59. The molecule has 3 aromatic carbocycles. The highest BCUT2D eigenvalue weighted by atomic mass is 16.6. The van der Waals surface area contributed by atoms with Crippen LogP contribution in [0.1, 0.15) is 88.0 Å². The molecule has 3 aliphatic rings. The molecule has 0 N–H and O–H groups in total. The molecule has 0 saturated carbocycles. The molecule has 1 atom stereocenters. The largest absolute Gasteiger partial charge is 0.454 e. The van der Waals surface area contributed by atoms with Crippen molar-refractivity contribution in [3.63, 3.8) is 0 Å². The van der Waals surface area contributed by atoms with Crippen LogP contribution in [0.25, 0.3) is 0 Å². The van der Waals surface area contributed by atoms with E-state index in [1.807, 2.05) is 38.1 Å². The van der Waals surface area contributed by atoms with Crippen molar-refractivity contribution in [2.45, 2.75) is 31.8 Å². The Morgan fingerprint density at radius 1 is 0.721 bits per heavy atom. The molecule has 0 amide bonds. The number of cyclic esters (lactones) is 4. The summed E-state index contributed by atoms with van der Waals surface area (Å²) >= 11 is 0. The molecule has 1 unspecified atom stereocenters. The minimum absolute atomic E-state index is 0.0230. The molecule has 10 nitrogen and oxygen atoms in total. The molecular weight excluding hydrogens is 556 g/mol. The zero-order valence-corrected chi connectivity index (χ0v) is 22.9. The van der Waals surface area contributed by atoms with E-state index in [1.165, 1.54) is 36.4 Å². The van der Waals surface area contributed by atoms with Gasteiger partial charge in [-0.1, -0.05) is 38.1 Å². The molecule has 3 aromatic rings. The predicted molar refractivity (Wildman–Crippen MR) is 148 cm³/mol. The van der Waals surface area contributed by atoms with E-state index in [0.717, 1.165) is 11.1 Å². The van der Waals surface area contributed by atoms with E-state index in [1.54, 1.807) is 18.2 Å². The van der Waals surface area contributed by atoms with Crippen LogP contribution in [0, 0.1) is 0 Å². The van der Waals surface area contributed by atoms with Crippen molar-refractivity contribution in [3.05, 3.63) is 123 Å². The van der Waals surface area contributed by atoms with Gasteiger partial charge in [0.1, 0.15) is 11.9 Å². The average Bonchev–Trinajstić information content (AvgIpc) is 3.45. The first kappa shape index (κ1) is 27.5. The summed E-state index contributed by atoms with van der Waals surface area (Å²) in [7, 11) is 0. The Hall–Kier alpha value is -5.64. The summed E-state index contributed by atoms with van der Waals surface area (Å²) in [5.41, 5.74) is 2.03. The molecule has 0 radical (unpaired) electrons. The lowest BCUT2D eigenvalue weighted by Crippen LogP contribution is -2.24. The molecule has 6 rings (SSSR count). The third-order valence-corrected chi connectivity index (χ3v) is 7.59. The number of hydrogen-bond acceptors (Lipinski definition) is 10. The fraction of sp³-hybridized carbons (Fsp3) is 0.152. The molecule has 2 heterocycles. The van der Waals surface area contributed by atoms with Crippen LogP contribution in [-0.2, 0) is 19.6 Å². The summed E-state index contributed by atoms with van der Waals surface area (Å²) in [4.78, 5) is 72.2. The van der Waals surface area contributed by atoms with Crippen molar-refractivity contribution >= 4 is 35.8 Å². The topological polar surface area (TPSA) is 139 Å². The Balaban J connectivity index is 1.08.